The van der Waals surface area contributed by atoms with E-state index in [1.807, 2.05) is 0 Å². The topological polar surface area (TPSA) is 103 Å². The number of aliphatic hydroxyl groups is 1. The molecule has 8 nitrogen and oxygen atoms in total. The number of nitrogens with one attached hydrogen (secondary N) is 1. The number of rotatable bonds is 10. The molecule has 0 aliphatic carbocycles. The Balaban J connectivity index is 3.48. The van der Waals surface area contributed by atoms with Gasteiger partial charge in [-0.3, -0.25) is 0 Å². The molecule has 0 aromatic carbocycles. The highest BCUT2D eigenvalue weighted by atomic mass is 16.7. The zero-order chi connectivity index (χ0) is 16.1. The van der Waals surface area contributed by atoms with Crippen LogP contribution in [0.3, 0.4) is 0 Å². The lowest BCUT2D eigenvalue weighted by atomic mass is 10.3. The second-order valence-corrected chi connectivity index (χ2v) is 3.83. The van der Waals surface area contributed by atoms with Gasteiger partial charge < -0.3 is 29.4 Å². The Bertz CT molecular complexity index is 356. The minimum atomic E-state index is -1.09. The molecule has 2 N–H and O–H groups in total. The van der Waals surface area contributed by atoms with Crippen molar-refractivity contribution >= 4 is 12.2 Å². The molecule has 0 aromatic heterocycles. The summed E-state index contributed by atoms with van der Waals surface area (Å²) in [5, 5.41) is 11.6. The third-order valence-electron chi connectivity index (χ3n) is 1.92. The van der Waals surface area contributed by atoms with Crippen molar-refractivity contribution in [2.75, 3.05) is 33.0 Å². The van der Waals surface area contributed by atoms with Crippen molar-refractivity contribution in [3.63, 3.8) is 0 Å². The average Bonchev–Trinajstić information content (AvgIpc) is 2.45. The second kappa shape index (κ2) is 11.7. The lowest BCUT2D eigenvalue weighted by Gasteiger charge is -2.11. The number of amides is 1. The standard InChI is InChI=1S/C13H21NO7/c1-4-6-19-12(16)14-5-7-20-13(17)21-9-8-18-11(15)10(2)3/h4,11,15H,1-2,5-9H2,3H3,(H,14,16). The molecule has 0 spiro atoms. The van der Waals surface area contributed by atoms with Crippen molar-refractivity contribution in [3.05, 3.63) is 24.8 Å². The first-order valence-corrected chi connectivity index (χ1v) is 6.23. The van der Waals surface area contributed by atoms with Crippen LogP contribution in [0.25, 0.3) is 0 Å². The van der Waals surface area contributed by atoms with E-state index in [0.717, 1.165) is 0 Å². The molecule has 0 aliphatic rings. The summed E-state index contributed by atoms with van der Waals surface area (Å²) in [6.07, 6.45) is -1.19. The van der Waals surface area contributed by atoms with Crippen LogP contribution >= 0.6 is 0 Å². The lowest BCUT2D eigenvalue weighted by molar-refractivity contribution is -0.0850. The average molecular weight is 303 g/mol. The van der Waals surface area contributed by atoms with Crippen LogP contribution in [0.2, 0.25) is 0 Å². The molecule has 120 valence electrons. The summed E-state index contributed by atoms with van der Waals surface area (Å²) in [6, 6.07) is 0. The van der Waals surface area contributed by atoms with Crippen LogP contribution in [-0.4, -0.2) is 56.6 Å². The fraction of sp³-hybridized carbons (Fsp3) is 0.538. The fourth-order valence-electron chi connectivity index (χ4n) is 0.942. The van der Waals surface area contributed by atoms with Gasteiger partial charge in [0.15, 0.2) is 6.29 Å². The molecular weight excluding hydrogens is 282 g/mol. The van der Waals surface area contributed by atoms with Crippen LogP contribution in [0.4, 0.5) is 9.59 Å². The highest BCUT2D eigenvalue weighted by Crippen LogP contribution is 1.98. The molecule has 21 heavy (non-hydrogen) atoms. The molecule has 0 bridgehead atoms. The number of hydrogen-bond acceptors (Lipinski definition) is 7. The van der Waals surface area contributed by atoms with Crippen LogP contribution in [-0.2, 0) is 18.9 Å². The van der Waals surface area contributed by atoms with Crippen molar-refractivity contribution in [3.8, 4) is 0 Å². The Morgan fingerprint density at radius 1 is 1.24 bits per heavy atom. The Morgan fingerprint density at radius 3 is 2.52 bits per heavy atom. The molecule has 1 amide bonds. The Labute approximate surface area is 123 Å². The van der Waals surface area contributed by atoms with Crippen molar-refractivity contribution in [1.29, 1.82) is 0 Å². The third kappa shape index (κ3) is 11.5. The highest BCUT2D eigenvalue weighted by Gasteiger charge is 2.07. The Morgan fingerprint density at radius 2 is 1.90 bits per heavy atom. The number of alkyl carbamates (subject to hydrolysis) is 1. The predicted octanol–water partition coefficient (Wildman–Crippen LogP) is 0.963. The van der Waals surface area contributed by atoms with E-state index in [-0.39, 0.29) is 33.0 Å². The quantitative estimate of drug-likeness (QED) is 0.268. The Kier molecular flexibility index (Phi) is 10.6. The molecule has 0 aliphatic heterocycles. The van der Waals surface area contributed by atoms with E-state index >= 15 is 0 Å². The van der Waals surface area contributed by atoms with Gasteiger partial charge in [-0.25, -0.2) is 9.59 Å². The van der Waals surface area contributed by atoms with Gasteiger partial charge in [-0.1, -0.05) is 19.2 Å². The minimum Gasteiger partial charge on any atom is -0.445 e. The molecule has 0 saturated carbocycles. The van der Waals surface area contributed by atoms with Gasteiger partial charge >= 0.3 is 12.2 Å². The first kappa shape index (κ1) is 18.9. The zero-order valence-corrected chi connectivity index (χ0v) is 12.0. The van der Waals surface area contributed by atoms with Crippen molar-refractivity contribution in [2.24, 2.45) is 0 Å². The van der Waals surface area contributed by atoms with E-state index in [4.69, 9.17) is 4.74 Å². The van der Waals surface area contributed by atoms with Gasteiger partial charge in [0.25, 0.3) is 0 Å². The summed E-state index contributed by atoms with van der Waals surface area (Å²) in [5.74, 6) is 0. The molecule has 1 atom stereocenters. The number of hydrogen-bond donors (Lipinski definition) is 2. The molecular formula is C13H21NO7. The van der Waals surface area contributed by atoms with E-state index in [1.54, 1.807) is 6.92 Å². The van der Waals surface area contributed by atoms with Crippen LogP contribution in [0.15, 0.2) is 24.8 Å². The van der Waals surface area contributed by atoms with Gasteiger partial charge in [-0.15, -0.1) is 0 Å². The van der Waals surface area contributed by atoms with Crippen molar-refractivity contribution in [1.82, 2.24) is 5.32 Å². The third-order valence-corrected chi connectivity index (χ3v) is 1.92. The molecule has 0 heterocycles. The molecule has 0 fully saturated rings. The second-order valence-electron chi connectivity index (χ2n) is 3.83. The zero-order valence-electron chi connectivity index (χ0n) is 12.0. The van der Waals surface area contributed by atoms with Crippen LogP contribution in [0.1, 0.15) is 6.92 Å². The molecule has 8 heteroatoms. The maximum atomic E-state index is 11.1. The van der Waals surface area contributed by atoms with Gasteiger partial charge in [0.2, 0.25) is 0 Å². The summed E-state index contributed by atoms with van der Waals surface area (Å²) < 4.78 is 18.8. The molecule has 0 rings (SSSR count). The molecule has 0 aromatic rings. The van der Waals surface area contributed by atoms with Gasteiger partial charge in [0, 0.05) is 0 Å². The monoisotopic (exact) mass is 303 g/mol. The Hall–Kier alpha value is -2.06. The first-order valence-electron chi connectivity index (χ1n) is 6.23. The SMILES string of the molecule is C=CCOC(=O)NCCOC(=O)OCCOC(O)C(=C)C. The number of carbonyl (C=O) groups excluding carboxylic acids is 2. The van der Waals surface area contributed by atoms with Gasteiger partial charge in [0.05, 0.1) is 13.2 Å². The van der Waals surface area contributed by atoms with E-state index in [2.05, 4.69) is 32.7 Å². The maximum Gasteiger partial charge on any atom is 0.508 e. The normalized spacial score (nSPS) is 11.1. The summed E-state index contributed by atoms with van der Waals surface area (Å²) in [4.78, 5) is 22.1. The molecule has 0 saturated heterocycles. The summed E-state index contributed by atoms with van der Waals surface area (Å²) in [5.41, 5.74) is 0.451. The van der Waals surface area contributed by atoms with E-state index in [0.29, 0.717) is 5.57 Å². The first-order chi connectivity index (χ1) is 9.97. The van der Waals surface area contributed by atoms with Crippen LogP contribution < -0.4 is 5.32 Å². The summed E-state index contributed by atoms with van der Waals surface area (Å²) in [7, 11) is 0. The van der Waals surface area contributed by atoms with Crippen molar-refractivity contribution < 1.29 is 33.6 Å². The van der Waals surface area contributed by atoms with E-state index in [9.17, 15) is 14.7 Å². The minimum absolute atomic E-state index is 0.00918. The van der Waals surface area contributed by atoms with Gasteiger partial charge in [-0.2, -0.15) is 0 Å². The number of carbonyl (C=O) groups is 2. The van der Waals surface area contributed by atoms with Gasteiger partial charge in [0.1, 0.15) is 19.8 Å². The summed E-state index contributed by atoms with van der Waals surface area (Å²) >= 11 is 0. The highest BCUT2D eigenvalue weighted by molar-refractivity contribution is 5.67. The maximum absolute atomic E-state index is 11.1. The summed E-state index contributed by atoms with van der Waals surface area (Å²) in [6.45, 7) is 8.56. The number of ether oxygens (including phenoxy) is 4. The number of aliphatic hydroxyl groups excluding tert-OH is 1. The van der Waals surface area contributed by atoms with E-state index < -0.39 is 18.5 Å². The molecule has 0 radical (unpaired) electrons. The predicted molar refractivity (Wildman–Crippen MR) is 73.6 cm³/mol. The molecule has 1 unspecified atom stereocenters. The lowest BCUT2D eigenvalue weighted by Crippen LogP contribution is -2.29. The largest absolute Gasteiger partial charge is 0.508 e. The van der Waals surface area contributed by atoms with Crippen molar-refractivity contribution in [2.45, 2.75) is 13.2 Å². The smallest absolute Gasteiger partial charge is 0.445 e. The van der Waals surface area contributed by atoms with Crippen LogP contribution in [0.5, 0.6) is 0 Å². The van der Waals surface area contributed by atoms with E-state index in [1.165, 1.54) is 6.08 Å². The van der Waals surface area contributed by atoms with Crippen LogP contribution in [0, 0.1) is 0 Å². The fourth-order valence-corrected chi connectivity index (χ4v) is 0.942. The van der Waals surface area contributed by atoms with Gasteiger partial charge in [-0.05, 0) is 12.5 Å².